The summed E-state index contributed by atoms with van der Waals surface area (Å²) in [5.41, 5.74) is 6.51. The molecule has 0 aromatic heterocycles. The molecule has 0 radical (unpaired) electrons. The number of hydrogen-bond donors (Lipinski definition) is 0. The summed E-state index contributed by atoms with van der Waals surface area (Å²) in [6.07, 6.45) is 3.74. The Morgan fingerprint density at radius 2 is 1.67 bits per heavy atom. The van der Waals surface area contributed by atoms with Gasteiger partial charge in [0.05, 0.1) is 11.5 Å². The number of hydrogen-bond acceptors (Lipinski definition) is 1. The fraction of sp³-hybridized carbons (Fsp3) is 0.350. The van der Waals surface area contributed by atoms with Gasteiger partial charge in [-0.15, -0.1) is 0 Å². The molecule has 3 rings (SSSR count). The minimum atomic E-state index is -0.245. The fourth-order valence-corrected chi connectivity index (χ4v) is 3.55. The largest absolute Gasteiger partial charge is 0.198 e. The molecule has 0 saturated heterocycles. The lowest BCUT2D eigenvalue weighted by atomic mass is 9.68. The van der Waals surface area contributed by atoms with Crippen LogP contribution in [0.4, 0.5) is 0 Å². The van der Waals surface area contributed by atoms with Crippen LogP contribution in [0.2, 0.25) is 0 Å². The molecule has 0 N–H and O–H groups in total. The zero-order valence-electron chi connectivity index (χ0n) is 12.8. The highest BCUT2D eigenvalue weighted by Crippen LogP contribution is 2.39. The van der Waals surface area contributed by atoms with Crippen LogP contribution in [0.1, 0.15) is 34.2 Å². The molecule has 2 aromatic rings. The van der Waals surface area contributed by atoms with E-state index in [9.17, 15) is 5.26 Å². The van der Waals surface area contributed by atoms with Crippen LogP contribution in [0.3, 0.4) is 0 Å². The molecular weight excluding hydrogens is 254 g/mol. The van der Waals surface area contributed by atoms with Crippen molar-refractivity contribution in [2.45, 2.75) is 39.5 Å². The van der Waals surface area contributed by atoms with E-state index in [1.54, 1.807) is 0 Å². The van der Waals surface area contributed by atoms with E-state index in [1.165, 1.54) is 27.8 Å². The molecule has 1 unspecified atom stereocenters. The molecule has 0 heterocycles. The molecule has 0 fully saturated rings. The van der Waals surface area contributed by atoms with E-state index < -0.39 is 0 Å². The quantitative estimate of drug-likeness (QED) is 0.789. The van der Waals surface area contributed by atoms with E-state index in [0.29, 0.717) is 0 Å². The molecule has 1 aliphatic carbocycles. The molecule has 0 aliphatic heterocycles. The smallest absolute Gasteiger partial charge is 0.0696 e. The third-order valence-electron chi connectivity index (χ3n) is 4.92. The zero-order valence-corrected chi connectivity index (χ0v) is 12.8. The number of benzene rings is 2. The van der Waals surface area contributed by atoms with Crippen molar-refractivity contribution in [2.24, 2.45) is 5.41 Å². The molecule has 1 heteroatoms. The average molecular weight is 275 g/mol. The van der Waals surface area contributed by atoms with Gasteiger partial charge in [-0.2, -0.15) is 5.26 Å². The van der Waals surface area contributed by atoms with E-state index in [4.69, 9.17) is 0 Å². The summed E-state index contributed by atoms with van der Waals surface area (Å²) in [7, 11) is 0. The second kappa shape index (κ2) is 5.37. The van der Waals surface area contributed by atoms with Crippen LogP contribution < -0.4 is 0 Å². The van der Waals surface area contributed by atoms with Crippen molar-refractivity contribution >= 4 is 0 Å². The first-order valence-corrected chi connectivity index (χ1v) is 7.67. The van der Waals surface area contributed by atoms with Gasteiger partial charge in [0, 0.05) is 0 Å². The van der Waals surface area contributed by atoms with Gasteiger partial charge in [0.25, 0.3) is 0 Å². The summed E-state index contributed by atoms with van der Waals surface area (Å²) in [5, 5.41) is 9.86. The minimum Gasteiger partial charge on any atom is -0.198 e. The Balaban J connectivity index is 1.95. The normalized spacial score (nSPS) is 20.6. The number of nitriles is 1. The second-order valence-corrected chi connectivity index (χ2v) is 6.38. The molecule has 1 atom stereocenters. The minimum absolute atomic E-state index is 0.245. The summed E-state index contributed by atoms with van der Waals surface area (Å²) < 4.78 is 0. The first kappa shape index (κ1) is 13.9. The van der Waals surface area contributed by atoms with Gasteiger partial charge in [-0.05, 0) is 67.3 Å². The molecular formula is C20H21N. The van der Waals surface area contributed by atoms with E-state index in [2.05, 4.69) is 62.4 Å². The van der Waals surface area contributed by atoms with Crippen LogP contribution in [-0.2, 0) is 19.3 Å². The number of aryl methyl sites for hydroxylation is 3. The van der Waals surface area contributed by atoms with Crippen molar-refractivity contribution in [3.8, 4) is 6.07 Å². The van der Waals surface area contributed by atoms with Crippen LogP contribution in [0.5, 0.6) is 0 Å². The SMILES string of the molecule is Cc1cccc(C)c1CC1(C#N)CCc2ccccc2C1. The first-order valence-electron chi connectivity index (χ1n) is 7.67. The summed E-state index contributed by atoms with van der Waals surface area (Å²) in [4.78, 5) is 0. The van der Waals surface area contributed by atoms with Crippen LogP contribution >= 0.6 is 0 Å². The van der Waals surface area contributed by atoms with E-state index in [-0.39, 0.29) is 5.41 Å². The molecule has 21 heavy (non-hydrogen) atoms. The van der Waals surface area contributed by atoms with Gasteiger partial charge in [-0.3, -0.25) is 0 Å². The zero-order chi connectivity index (χ0) is 14.9. The van der Waals surface area contributed by atoms with Crippen molar-refractivity contribution in [2.75, 3.05) is 0 Å². The molecule has 0 spiro atoms. The van der Waals surface area contributed by atoms with Crippen molar-refractivity contribution < 1.29 is 0 Å². The van der Waals surface area contributed by atoms with Gasteiger partial charge in [-0.25, -0.2) is 0 Å². The molecule has 0 amide bonds. The maximum atomic E-state index is 9.86. The molecule has 0 saturated carbocycles. The molecule has 106 valence electrons. The lowest BCUT2D eigenvalue weighted by molar-refractivity contribution is 0.338. The lowest BCUT2D eigenvalue weighted by Gasteiger charge is -2.33. The van der Waals surface area contributed by atoms with Gasteiger partial charge in [0.2, 0.25) is 0 Å². The highest BCUT2D eigenvalue weighted by atomic mass is 14.4. The monoisotopic (exact) mass is 275 g/mol. The standard InChI is InChI=1S/C20H21N/c1-15-6-5-7-16(2)19(15)13-20(14-21)11-10-17-8-3-4-9-18(17)12-20/h3-9H,10-13H2,1-2H3. The van der Waals surface area contributed by atoms with Crippen LogP contribution in [0.15, 0.2) is 42.5 Å². The number of nitrogens with zero attached hydrogens (tertiary/aromatic N) is 1. The molecule has 1 nitrogen and oxygen atoms in total. The Morgan fingerprint density at radius 3 is 2.33 bits per heavy atom. The van der Waals surface area contributed by atoms with Gasteiger partial charge in [0.15, 0.2) is 0 Å². The van der Waals surface area contributed by atoms with Crippen molar-refractivity contribution in [3.05, 3.63) is 70.3 Å². The summed E-state index contributed by atoms with van der Waals surface area (Å²) >= 11 is 0. The number of rotatable bonds is 2. The van der Waals surface area contributed by atoms with Gasteiger partial charge < -0.3 is 0 Å². The summed E-state index contributed by atoms with van der Waals surface area (Å²) in [5.74, 6) is 0. The predicted molar refractivity (Wildman–Crippen MR) is 86.1 cm³/mol. The topological polar surface area (TPSA) is 23.8 Å². The summed E-state index contributed by atoms with van der Waals surface area (Å²) in [6, 6.07) is 17.7. The van der Waals surface area contributed by atoms with Gasteiger partial charge in [0.1, 0.15) is 0 Å². The average Bonchev–Trinajstić information content (AvgIpc) is 2.51. The Kier molecular flexibility index (Phi) is 3.55. The van der Waals surface area contributed by atoms with Crippen molar-refractivity contribution in [1.29, 1.82) is 5.26 Å². The van der Waals surface area contributed by atoms with Crippen molar-refractivity contribution in [1.82, 2.24) is 0 Å². The Bertz CT molecular complexity index is 688. The van der Waals surface area contributed by atoms with E-state index in [1.807, 2.05) is 0 Å². The molecule has 0 bridgehead atoms. The molecule has 2 aromatic carbocycles. The highest BCUT2D eigenvalue weighted by Gasteiger charge is 2.35. The number of fused-ring (bicyclic) bond motifs is 1. The lowest BCUT2D eigenvalue weighted by Crippen LogP contribution is -2.30. The Hall–Kier alpha value is -2.07. The summed E-state index contributed by atoms with van der Waals surface area (Å²) in [6.45, 7) is 4.31. The third-order valence-corrected chi connectivity index (χ3v) is 4.92. The van der Waals surface area contributed by atoms with E-state index >= 15 is 0 Å². The molecule has 1 aliphatic rings. The maximum Gasteiger partial charge on any atom is 0.0696 e. The highest BCUT2D eigenvalue weighted by molar-refractivity contribution is 5.38. The van der Waals surface area contributed by atoms with Crippen LogP contribution in [-0.4, -0.2) is 0 Å². The van der Waals surface area contributed by atoms with Crippen molar-refractivity contribution in [3.63, 3.8) is 0 Å². The van der Waals surface area contributed by atoms with E-state index in [0.717, 1.165) is 25.7 Å². The fourth-order valence-electron chi connectivity index (χ4n) is 3.55. The Morgan fingerprint density at radius 1 is 1.00 bits per heavy atom. The Labute approximate surface area is 127 Å². The predicted octanol–water partition coefficient (Wildman–Crippen LogP) is 4.54. The second-order valence-electron chi connectivity index (χ2n) is 6.38. The van der Waals surface area contributed by atoms with Gasteiger partial charge in [-0.1, -0.05) is 42.5 Å². The first-order chi connectivity index (χ1) is 10.1. The maximum absolute atomic E-state index is 9.86. The van der Waals surface area contributed by atoms with Gasteiger partial charge >= 0.3 is 0 Å². The van der Waals surface area contributed by atoms with Crippen LogP contribution in [0, 0.1) is 30.6 Å². The third kappa shape index (κ3) is 2.59. The van der Waals surface area contributed by atoms with Crippen LogP contribution in [0.25, 0.3) is 0 Å².